The fourth-order valence-electron chi connectivity index (χ4n) is 2.48. The summed E-state index contributed by atoms with van der Waals surface area (Å²) in [5.41, 5.74) is 1.67. The van der Waals surface area contributed by atoms with Crippen molar-refractivity contribution < 1.29 is 9.90 Å². The molecule has 2 aromatic heterocycles. The predicted octanol–water partition coefficient (Wildman–Crippen LogP) is 5.55. The van der Waals surface area contributed by atoms with Crippen molar-refractivity contribution >= 4 is 51.5 Å². The van der Waals surface area contributed by atoms with Gasteiger partial charge >= 0.3 is 5.97 Å². The molecule has 0 spiro atoms. The minimum Gasteiger partial charge on any atom is -0.478 e. The van der Waals surface area contributed by atoms with Crippen molar-refractivity contribution in [2.24, 2.45) is 5.92 Å². The summed E-state index contributed by atoms with van der Waals surface area (Å²) >= 11 is 13.6. The molecule has 0 saturated carbocycles. The highest BCUT2D eigenvalue weighted by Gasteiger charge is 2.18. The number of thiazole rings is 1. The number of hydrogen-bond donors (Lipinski definition) is 2. The molecule has 2 heterocycles. The molecule has 3 aromatic rings. The average molecular weight is 423 g/mol. The highest BCUT2D eigenvalue weighted by atomic mass is 35.5. The highest BCUT2D eigenvalue weighted by molar-refractivity contribution is 7.16. The zero-order valence-electron chi connectivity index (χ0n) is 14.5. The molecule has 0 aliphatic rings. The summed E-state index contributed by atoms with van der Waals surface area (Å²) in [6.07, 6.45) is 2.16. The van der Waals surface area contributed by atoms with Crippen LogP contribution in [0.4, 0.5) is 10.9 Å². The van der Waals surface area contributed by atoms with Crippen molar-refractivity contribution in [3.8, 4) is 11.3 Å². The number of aromatic carboxylic acids is 1. The van der Waals surface area contributed by atoms with Gasteiger partial charge in [0.2, 0.25) is 0 Å². The fraction of sp³-hybridized carbons (Fsp3) is 0.222. The van der Waals surface area contributed by atoms with Crippen LogP contribution < -0.4 is 5.32 Å². The van der Waals surface area contributed by atoms with E-state index in [1.54, 1.807) is 12.1 Å². The first-order valence-corrected chi connectivity index (χ1v) is 9.69. The van der Waals surface area contributed by atoms with Gasteiger partial charge in [-0.2, -0.15) is 5.10 Å². The Bertz CT molecular complexity index is 991. The monoisotopic (exact) mass is 422 g/mol. The summed E-state index contributed by atoms with van der Waals surface area (Å²) in [7, 11) is 0. The van der Waals surface area contributed by atoms with Gasteiger partial charge in [0.25, 0.3) is 0 Å². The van der Waals surface area contributed by atoms with E-state index in [0.29, 0.717) is 21.1 Å². The molecule has 0 aliphatic heterocycles. The number of aromatic nitrogens is 3. The molecule has 6 nitrogen and oxygen atoms in total. The summed E-state index contributed by atoms with van der Waals surface area (Å²) in [6.45, 7) is 4.24. The third-order valence-corrected chi connectivity index (χ3v) is 5.39. The van der Waals surface area contributed by atoms with E-state index in [0.717, 1.165) is 22.6 Å². The second-order valence-corrected chi connectivity index (χ2v) is 8.14. The summed E-state index contributed by atoms with van der Waals surface area (Å²) in [4.78, 5) is 17.1. The summed E-state index contributed by atoms with van der Waals surface area (Å²) in [5, 5.41) is 21.4. The molecular formula is C18H16Cl2N4O2S. The molecule has 1 aromatic carbocycles. The number of nitrogens with zero attached hydrogens (tertiary/aromatic N) is 3. The van der Waals surface area contributed by atoms with Crippen LogP contribution in [0.1, 0.15) is 29.1 Å². The molecule has 0 aliphatic carbocycles. The minimum atomic E-state index is -1.09. The quantitative estimate of drug-likeness (QED) is 0.541. The zero-order chi connectivity index (χ0) is 19.6. The predicted molar refractivity (Wildman–Crippen MR) is 108 cm³/mol. The largest absolute Gasteiger partial charge is 0.478 e. The summed E-state index contributed by atoms with van der Waals surface area (Å²) in [5.74, 6) is -0.516. The zero-order valence-corrected chi connectivity index (χ0v) is 16.9. The Morgan fingerprint density at radius 1 is 1.26 bits per heavy atom. The van der Waals surface area contributed by atoms with Crippen LogP contribution in [0.15, 0.2) is 30.5 Å². The number of carboxylic acid groups (broad SMARTS) is 1. The molecule has 0 unspecified atom stereocenters. The van der Waals surface area contributed by atoms with E-state index in [2.05, 4.69) is 34.3 Å². The smallest absolute Gasteiger partial charge is 0.339 e. The standard InChI is InChI=1S/C18H16Cl2N4O2S/c1-9(2)7-14-15(10-3-4-12(19)13(20)8-10)22-18(27-14)23-16-11(17(25)26)5-6-21-24-16/h3-6,8-9H,7H2,1-2H3,(H,25,26)(H,22,23,24). The van der Waals surface area contributed by atoms with Gasteiger partial charge in [0.15, 0.2) is 10.9 Å². The molecular weight excluding hydrogens is 407 g/mol. The van der Waals surface area contributed by atoms with E-state index in [1.807, 2.05) is 6.07 Å². The van der Waals surface area contributed by atoms with E-state index in [1.165, 1.54) is 23.6 Å². The number of carboxylic acids is 1. The topological polar surface area (TPSA) is 88.0 Å². The Hall–Kier alpha value is -2.22. The molecule has 0 atom stereocenters. The number of benzene rings is 1. The lowest BCUT2D eigenvalue weighted by molar-refractivity contribution is 0.0697. The van der Waals surface area contributed by atoms with E-state index in [9.17, 15) is 9.90 Å². The number of carbonyl (C=O) groups is 1. The van der Waals surface area contributed by atoms with Crippen LogP contribution in [0.3, 0.4) is 0 Å². The van der Waals surface area contributed by atoms with Gasteiger partial charge in [0, 0.05) is 10.4 Å². The van der Waals surface area contributed by atoms with Crippen molar-refractivity contribution in [2.45, 2.75) is 20.3 Å². The van der Waals surface area contributed by atoms with Gasteiger partial charge in [-0.15, -0.1) is 16.4 Å². The Labute approximate surface area is 170 Å². The van der Waals surface area contributed by atoms with Crippen molar-refractivity contribution in [2.75, 3.05) is 5.32 Å². The molecule has 0 bridgehead atoms. The second kappa shape index (κ2) is 8.21. The fourth-order valence-corrected chi connectivity index (χ4v) is 3.97. The minimum absolute atomic E-state index is 0.0293. The van der Waals surface area contributed by atoms with E-state index in [4.69, 9.17) is 23.2 Å². The van der Waals surface area contributed by atoms with E-state index >= 15 is 0 Å². The Morgan fingerprint density at radius 2 is 2.04 bits per heavy atom. The number of hydrogen-bond acceptors (Lipinski definition) is 6. The van der Waals surface area contributed by atoms with Crippen molar-refractivity contribution in [1.29, 1.82) is 0 Å². The first-order valence-electron chi connectivity index (χ1n) is 8.12. The molecule has 0 radical (unpaired) electrons. The maximum Gasteiger partial charge on any atom is 0.339 e. The first kappa shape index (κ1) is 19.5. The van der Waals surface area contributed by atoms with E-state index < -0.39 is 5.97 Å². The van der Waals surface area contributed by atoms with Crippen LogP contribution in [-0.2, 0) is 6.42 Å². The lowest BCUT2D eigenvalue weighted by Crippen LogP contribution is -2.05. The molecule has 0 saturated heterocycles. The number of anilines is 2. The van der Waals surface area contributed by atoms with Crippen LogP contribution in [0.5, 0.6) is 0 Å². The van der Waals surface area contributed by atoms with Crippen LogP contribution in [0.2, 0.25) is 10.0 Å². The molecule has 0 amide bonds. The molecule has 3 rings (SSSR count). The van der Waals surface area contributed by atoms with Crippen molar-refractivity contribution in [1.82, 2.24) is 15.2 Å². The van der Waals surface area contributed by atoms with Crippen LogP contribution in [0.25, 0.3) is 11.3 Å². The summed E-state index contributed by atoms with van der Waals surface area (Å²) in [6, 6.07) is 6.76. The van der Waals surface area contributed by atoms with Gasteiger partial charge < -0.3 is 10.4 Å². The lowest BCUT2D eigenvalue weighted by atomic mass is 10.0. The van der Waals surface area contributed by atoms with E-state index in [-0.39, 0.29) is 11.4 Å². The van der Waals surface area contributed by atoms with Crippen LogP contribution >= 0.6 is 34.5 Å². The van der Waals surface area contributed by atoms with Crippen molar-refractivity contribution in [3.05, 3.63) is 50.9 Å². The number of halogens is 2. The molecule has 140 valence electrons. The third kappa shape index (κ3) is 4.55. The molecule has 27 heavy (non-hydrogen) atoms. The third-order valence-electron chi connectivity index (χ3n) is 3.66. The molecule has 2 N–H and O–H groups in total. The Morgan fingerprint density at radius 3 is 2.70 bits per heavy atom. The van der Waals surface area contributed by atoms with Gasteiger partial charge in [-0.05, 0) is 30.5 Å². The SMILES string of the molecule is CC(C)Cc1sc(Nc2nnccc2C(=O)O)nc1-c1ccc(Cl)c(Cl)c1. The van der Waals surface area contributed by atoms with Crippen LogP contribution in [-0.4, -0.2) is 26.3 Å². The van der Waals surface area contributed by atoms with Gasteiger partial charge in [-0.1, -0.05) is 43.1 Å². The van der Waals surface area contributed by atoms with Gasteiger partial charge in [-0.25, -0.2) is 9.78 Å². The maximum atomic E-state index is 11.4. The highest BCUT2D eigenvalue weighted by Crippen LogP contribution is 2.36. The van der Waals surface area contributed by atoms with Crippen molar-refractivity contribution in [3.63, 3.8) is 0 Å². The van der Waals surface area contributed by atoms with Crippen LogP contribution in [0, 0.1) is 5.92 Å². The summed E-state index contributed by atoms with van der Waals surface area (Å²) < 4.78 is 0. The van der Waals surface area contributed by atoms with Gasteiger partial charge in [0.05, 0.1) is 21.9 Å². The lowest BCUT2D eigenvalue weighted by Gasteiger charge is -2.06. The average Bonchev–Trinajstić information content (AvgIpc) is 2.99. The Kier molecular flexibility index (Phi) is 5.94. The second-order valence-electron chi connectivity index (χ2n) is 6.24. The number of rotatable bonds is 6. The molecule has 9 heteroatoms. The molecule has 0 fully saturated rings. The Balaban J connectivity index is 2.02. The normalized spacial score (nSPS) is 11.0. The number of nitrogens with one attached hydrogen (secondary N) is 1. The van der Waals surface area contributed by atoms with Gasteiger partial charge in [-0.3, -0.25) is 0 Å². The maximum absolute atomic E-state index is 11.4. The van der Waals surface area contributed by atoms with Gasteiger partial charge in [0.1, 0.15) is 5.56 Å². The first-order chi connectivity index (χ1) is 12.8.